The largest absolute Gasteiger partial charge is 0.302 e. The normalized spacial score (nSPS) is 20.0. The van der Waals surface area contributed by atoms with Crippen molar-refractivity contribution in [1.82, 2.24) is 0 Å². The number of nitrogens with zero attached hydrogens (tertiary/aromatic N) is 1. The zero-order valence-electron chi connectivity index (χ0n) is 17.7. The predicted molar refractivity (Wildman–Crippen MR) is 121 cm³/mol. The number of benzene rings is 3. The Bertz CT molecular complexity index is 1120. The number of anilines is 1. The van der Waals surface area contributed by atoms with Crippen molar-refractivity contribution >= 4 is 23.2 Å². The van der Waals surface area contributed by atoms with Crippen LogP contribution in [0.5, 0.6) is 0 Å². The van der Waals surface area contributed by atoms with Crippen LogP contribution in [-0.2, 0) is 5.41 Å². The van der Waals surface area contributed by atoms with Crippen molar-refractivity contribution in [2.45, 2.75) is 45.1 Å². The number of amides is 1. The smallest absolute Gasteiger partial charge is 0.258 e. The third-order valence-electron chi connectivity index (χ3n) is 6.13. The molecule has 0 aromatic heterocycles. The van der Waals surface area contributed by atoms with Crippen molar-refractivity contribution in [3.63, 3.8) is 0 Å². The summed E-state index contributed by atoms with van der Waals surface area (Å²) in [4.78, 5) is 15.4. The van der Waals surface area contributed by atoms with Crippen LogP contribution in [0.25, 0.3) is 0 Å². The fourth-order valence-electron chi connectivity index (χ4n) is 4.86. The molecule has 0 aliphatic carbocycles. The van der Waals surface area contributed by atoms with Gasteiger partial charge in [-0.25, -0.2) is 4.39 Å². The Kier molecular flexibility index (Phi) is 4.98. The number of hydrogen-bond donors (Lipinski definition) is 0. The predicted octanol–water partition coefficient (Wildman–Crippen LogP) is 6.92. The minimum absolute atomic E-state index is 0.192. The van der Waals surface area contributed by atoms with Gasteiger partial charge in [0.25, 0.3) is 5.91 Å². The number of hydrogen-bond acceptors (Lipinski definition) is 1. The van der Waals surface area contributed by atoms with Crippen molar-refractivity contribution in [3.05, 3.63) is 99.8 Å². The lowest BCUT2D eigenvalue weighted by Crippen LogP contribution is -2.56. The highest BCUT2D eigenvalue weighted by Gasteiger charge is 2.48. The molecule has 0 fully saturated rings. The Morgan fingerprint density at radius 1 is 1.00 bits per heavy atom. The summed E-state index contributed by atoms with van der Waals surface area (Å²) in [5.41, 5.74) is 3.81. The topological polar surface area (TPSA) is 20.3 Å². The van der Waals surface area contributed by atoms with E-state index in [9.17, 15) is 9.18 Å². The average molecular weight is 422 g/mol. The molecule has 1 aliphatic rings. The first-order chi connectivity index (χ1) is 14.1. The Morgan fingerprint density at radius 3 is 2.37 bits per heavy atom. The van der Waals surface area contributed by atoms with Crippen LogP contribution in [-0.4, -0.2) is 11.4 Å². The molecule has 1 aliphatic heterocycles. The second-order valence-electron chi connectivity index (χ2n) is 9.00. The fraction of sp³-hybridized carbons (Fsp3) is 0.269. The Balaban J connectivity index is 1.92. The minimum Gasteiger partial charge on any atom is -0.302 e. The van der Waals surface area contributed by atoms with E-state index in [0.29, 0.717) is 10.6 Å². The third kappa shape index (κ3) is 3.41. The second-order valence-corrected chi connectivity index (χ2v) is 9.44. The van der Waals surface area contributed by atoms with E-state index in [4.69, 9.17) is 11.6 Å². The molecule has 1 heterocycles. The molecule has 154 valence electrons. The number of fused-ring (bicyclic) bond motifs is 1. The zero-order valence-corrected chi connectivity index (χ0v) is 18.4. The van der Waals surface area contributed by atoms with Crippen LogP contribution in [0.3, 0.4) is 0 Å². The van der Waals surface area contributed by atoms with Gasteiger partial charge < -0.3 is 4.90 Å². The zero-order chi connectivity index (χ0) is 21.7. The third-order valence-corrected chi connectivity index (χ3v) is 6.39. The van der Waals surface area contributed by atoms with E-state index < -0.39 is 11.4 Å². The van der Waals surface area contributed by atoms with E-state index in [-0.39, 0.29) is 11.3 Å². The van der Waals surface area contributed by atoms with E-state index in [1.807, 2.05) is 29.2 Å². The Morgan fingerprint density at radius 2 is 1.70 bits per heavy atom. The molecule has 3 aromatic rings. The second kappa shape index (κ2) is 7.24. The van der Waals surface area contributed by atoms with Crippen molar-refractivity contribution < 1.29 is 9.18 Å². The highest BCUT2D eigenvalue weighted by molar-refractivity contribution is 6.30. The summed E-state index contributed by atoms with van der Waals surface area (Å²) in [6, 6.07) is 20.0. The van der Waals surface area contributed by atoms with Gasteiger partial charge in [0.05, 0.1) is 0 Å². The van der Waals surface area contributed by atoms with E-state index in [2.05, 4.69) is 45.9 Å². The number of halogens is 2. The van der Waals surface area contributed by atoms with Gasteiger partial charge in [0.1, 0.15) is 5.82 Å². The number of rotatable bonds is 2. The van der Waals surface area contributed by atoms with Gasteiger partial charge in [-0.1, -0.05) is 54.4 Å². The lowest BCUT2D eigenvalue weighted by Gasteiger charge is -2.51. The first-order valence-corrected chi connectivity index (χ1v) is 10.5. The Labute approximate surface area is 182 Å². The number of carbonyl (C=O) groups excluding carboxylic acids is 1. The lowest BCUT2D eigenvalue weighted by atomic mass is 9.65. The van der Waals surface area contributed by atoms with Crippen molar-refractivity contribution in [3.8, 4) is 0 Å². The van der Waals surface area contributed by atoms with E-state index >= 15 is 0 Å². The molecule has 0 saturated heterocycles. The summed E-state index contributed by atoms with van der Waals surface area (Å²) in [6.07, 6.45) is 0.721. The van der Waals surface area contributed by atoms with E-state index in [1.54, 1.807) is 12.1 Å². The van der Waals surface area contributed by atoms with Crippen LogP contribution in [0.15, 0.2) is 66.7 Å². The van der Waals surface area contributed by atoms with Gasteiger partial charge in [0.15, 0.2) is 0 Å². The maximum Gasteiger partial charge on any atom is 0.258 e. The summed E-state index contributed by atoms with van der Waals surface area (Å²) >= 11 is 6.14. The van der Waals surface area contributed by atoms with Gasteiger partial charge in [-0.15, -0.1) is 0 Å². The highest BCUT2D eigenvalue weighted by Crippen LogP contribution is 2.51. The van der Waals surface area contributed by atoms with Gasteiger partial charge in [-0.3, -0.25) is 4.79 Å². The Hall–Kier alpha value is -2.65. The molecule has 0 bridgehead atoms. The van der Waals surface area contributed by atoms with Gasteiger partial charge in [0, 0.05) is 27.2 Å². The SMILES string of the molecule is Cc1ccc2c(c1)[C@@](C)(c1ccc(Cl)cc1)CC(C)(C)N2C(=O)c1cccc(F)c1. The summed E-state index contributed by atoms with van der Waals surface area (Å²) in [6.45, 7) is 8.42. The molecule has 30 heavy (non-hydrogen) atoms. The molecular formula is C26H25ClFNO. The standard InChI is InChI=1S/C26H25ClFNO/c1-17-8-13-23-22(14-17)26(4,19-9-11-20(27)12-10-19)16-25(2,3)29(23)24(30)18-6-5-7-21(28)15-18/h5-15H,16H2,1-4H3/t26-/m1/s1. The van der Waals surface area contributed by atoms with E-state index in [1.165, 1.54) is 12.1 Å². The van der Waals surface area contributed by atoms with Gasteiger partial charge in [-0.05, 0) is 74.7 Å². The summed E-state index contributed by atoms with van der Waals surface area (Å²) in [5, 5.41) is 0.699. The molecule has 1 atom stereocenters. The lowest BCUT2D eigenvalue weighted by molar-refractivity contribution is 0.0948. The quantitative estimate of drug-likeness (QED) is 0.439. The van der Waals surface area contributed by atoms with Gasteiger partial charge in [0.2, 0.25) is 0 Å². The van der Waals surface area contributed by atoms with E-state index in [0.717, 1.165) is 28.8 Å². The highest BCUT2D eigenvalue weighted by atomic mass is 35.5. The van der Waals surface area contributed by atoms with Crippen LogP contribution in [0.4, 0.5) is 10.1 Å². The van der Waals surface area contributed by atoms with Crippen LogP contribution in [0.2, 0.25) is 5.02 Å². The molecule has 3 aromatic carbocycles. The average Bonchev–Trinajstić information content (AvgIpc) is 2.68. The maximum absolute atomic E-state index is 13.8. The first kappa shape index (κ1) is 20.6. The fourth-order valence-corrected chi connectivity index (χ4v) is 4.99. The van der Waals surface area contributed by atoms with Crippen molar-refractivity contribution in [1.29, 1.82) is 0 Å². The van der Waals surface area contributed by atoms with Gasteiger partial charge >= 0.3 is 0 Å². The molecule has 0 saturated carbocycles. The minimum atomic E-state index is -0.486. The molecule has 1 amide bonds. The molecule has 4 heteroatoms. The van der Waals surface area contributed by atoms with Gasteiger partial charge in [-0.2, -0.15) is 0 Å². The molecular weight excluding hydrogens is 397 g/mol. The first-order valence-electron chi connectivity index (χ1n) is 10.1. The number of carbonyl (C=O) groups is 1. The number of aryl methyl sites for hydroxylation is 1. The maximum atomic E-state index is 13.8. The van der Waals surface area contributed by atoms with Crippen molar-refractivity contribution in [2.24, 2.45) is 0 Å². The van der Waals surface area contributed by atoms with Crippen LogP contribution in [0, 0.1) is 12.7 Å². The summed E-state index contributed by atoms with van der Waals surface area (Å²) < 4.78 is 13.8. The van der Waals surface area contributed by atoms with Crippen LogP contribution >= 0.6 is 11.6 Å². The molecule has 0 spiro atoms. The van der Waals surface area contributed by atoms with Crippen molar-refractivity contribution in [2.75, 3.05) is 4.90 Å². The van der Waals surface area contributed by atoms with Crippen LogP contribution < -0.4 is 4.90 Å². The molecule has 2 nitrogen and oxygen atoms in total. The molecule has 0 unspecified atom stereocenters. The summed E-state index contributed by atoms with van der Waals surface area (Å²) in [7, 11) is 0. The monoisotopic (exact) mass is 421 g/mol. The molecule has 0 N–H and O–H groups in total. The molecule has 4 rings (SSSR count). The van der Waals surface area contributed by atoms with Crippen LogP contribution in [0.1, 0.15) is 54.2 Å². The molecule has 0 radical (unpaired) electrons. The summed E-state index contributed by atoms with van der Waals surface area (Å²) in [5.74, 6) is -0.603.